The highest BCUT2D eigenvalue weighted by molar-refractivity contribution is 6.76. The summed E-state index contributed by atoms with van der Waals surface area (Å²) in [7, 11) is -3.17. The molecule has 2 aromatic rings. The van der Waals surface area contributed by atoms with Gasteiger partial charge in [0.15, 0.2) is 20.3 Å². The second kappa shape index (κ2) is 10.7. The lowest BCUT2D eigenvalue weighted by Gasteiger charge is -2.39. The van der Waals surface area contributed by atoms with Gasteiger partial charge in [-0.1, -0.05) is 63.6 Å². The Morgan fingerprint density at radius 2 is 1.68 bits per heavy atom. The monoisotopic (exact) mass is 588 g/mol. The van der Waals surface area contributed by atoms with Crippen LogP contribution in [0, 0.1) is 6.92 Å². The van der Waals surface area contributed by atoms with Gasteiger partial charge in [0.05, 0.1) is 35.4 Å². The van der Waals surface area contributed by atoms with E-state index in [2.05, 4.69) is 58.5 Å². The van der Waals surface area contributed by atoms with E-state index in [0.717, 1.165) is 22.6 Å². The van der Waals surface area contributed by atoms with Gasteiger partial charge in [0, 0.05) is 20.7 Å². The summed E-state index contributed by atoms with van der Waals surface area (Å²) >= 11 is 12.8. The van der Waals surface area contributed by atoms with Crippen LogP contribution in [0.4, 0.5) is 0 Å². The molecule has 0 bridgehead atoms. The highest BCUT2D eigenvalue weighted by Crippen LogP contribution is 2.41. The van der Waals surface area contributed by atoms with Gasteiger partial charge < -0.3 is 23.4 Å². The van der Waals surface area contributed by atoms with E-state index in [1.807, 2.05) is 17.6 Å². The van der Waals surface area contributed by atoms with Crippen molar-refractivity contribution < 1.29 is 23.4 Å². The Morgan fingerprint density at radius 1 is 1.05 bits per heavy atom. The minimum atomic E-state index is -1.96. The zero-order valence-electron chi connectivity index (χ0n) is 23.6. The molecule has 2 aliphatic heterocycles. The third-order valence-corrected chi connectivity index (χ3v) is 14.9. The number of nitrogens with zero attached hydrogens (tertiary/aromatic N) is 2. The Balaban J connectivity index is 1.54. The fourth-order valence-corrected chi connectivity index (χ4v) is 6.94. The third-order valence-electron chi connectivity index (χ3n) is 7.83. The molecule has 11 heteroatoms. The van der Waals surface area contributed by atoms with Crippen molar-refractivity contribution >= 4 is 50.6 Å². The summed E-state index contributed by atoms with van der Waals surface area (Å²) in [6, 6.07) is 2.98. The van der Waals surface area contributed by atoms with Crippen LogP contribution < -0.4 is 4.74 Å². The van der Waals surface area contributed by atoms with Crippen LogP contribution in [0.5, 0.6) is 5.88 Å². The van der Waals surface area contributed by atoms with E-state index in [-0.39, 0.29) is 34.6 Å². The molecule has 0 amide bonds. The quantitative estimate of drug-likeness (QED) is 0.180. The van der Waals surface area contributed by atoms with Gasteiger partial charge in [-0.25, -0.2) is 4.98 Å². The van der Waals surface area contributed by atoms with Crippen molar-refractivity contribution in [1.82, 2.24) is 9.55 Å². The van der Waals surface area contributed by atoms with Crippen molar-refractivity contribution in [2.24, 2.45) is 0 Å². The first-order valence-corrected chi connectivity index (χ1v) is 20.5. The first-order chi connectivity index (χ1) is 17.1. The molecule has 2 aliphatic rings. The molecule has 0 aliphatic carbocycles. The molecule has 4 heterocycles. The van der Waals surface area contributed by atoms with Gasteiger partial charge in [0.25, 0.3) is 0 Å². The van der Waals surface area contributed by atoms with Gasteiger partial charge in [-0.3, -0.25) is 4.57 Å². The maximum atomic E-state index is 6.65. The normalized spacial score (nSPS) is 24.7. The van der Waals surface area contributed by atoms with E-state index in [1.165, 1.54) is 0 Å². The van der Waals surface area contributed by atoms with Crippen LogP contribution in [0.1, 0.15) is 26.3 Å². The van der Waals surface area contributed by atoms with Crippen molar-refractivity contribution in [3.63, 3.8) is 0 Å². The van der Waals surface area contributed by atoms with Crippen molar-refractivity contribution in [1.29, 1.82) is 0 Å². The van der Waals surface area contributed by atoms with E-state index < -0.39 is 16.4 Å². The molecule has 0 radical (unpaired) electrons. The Bertz CT molecular complexity index is 1130. The summed E-state index contributed by atoms with van der Waals surface area (Å²) in [5.74, 6) is 0.642. The van der Waals surface area contributed by atoms with Crippen molar-refractivity contribution in [3.05, 3.63) is 21.8 Å². The lowest BCUT2D eigenvalue weighted by molar-refractivity contribution is 0.00859. The van der Waals surface area contributed by atoms with Crippen molar-refractivity contribution in [2.45, 2.75) is 103 Å². The number of pyridine rings is 1. The Morgan fingerprint density at radius 3 is 2.30 bits per heavy atom. The second-order valence-electron chi connectivity index (χ2n) is 13.0. The fourth-order valence-electron chi connectivity index (χ4n) is 4.51. The molecule has 37 heavy (non-hydrogen) atoms. The number of hydrogen-bond acceptors (Lipinski definition) is 6. The van der Waals surface area contributed by atoms with Gasteiger partial charge in [-0.15, -0.1) is 0 Å². The third kappa shape index (κ3) is 6.24. The molecule has 2 fully saturated rings. The van der Waals surface area contributed by atoms with Gasteiger partial charge in [-0.05, 0) is 36.7 Å². The highest BCUT2D eigenvalue weighted by Gasteiger charge is 2.52. The predicted octanol–water partition coefficient (Wildman–Crippen LogP) is 6.90. The Hall–Kier alpha value is -0.656. The lowest BCUT2D eigenvalue weighted by Crippen LogP contribution is -2.47. The molecular weight excluding hydrogens is 547 g/mol. The molecule has 208 valence electrons. The Kier molecular flexibility index (Phi) is 8.50. The number of aromatic nitrogens is 2. The molecule has 7 nitrogen and oxygen atoms in total. The molecule has 0 saturated carbocycles. The summed E-state index contributed by atoms with van der Waals surface area (Å²) in [5, 5.41) is 0.837. The minimum Gasteiger partial charge on any atom is -0.470 e. The topological polar surface area (TPSA) is 64.0 Å². The number of aryl methyl sites for hydroxylation is 1. The van der Waals surface area contributed by atoms with Crippen molar-refractivity contribution in [2.75, 3.05) is 19.8 Å². The maximum Gasteiger partial charge on any atom is 0.198 e. The van der Waals surface area contributed by atoms with E-state index >= 15 is 0 Å². The van der Waals surface area contributed by atoms with Crippen LogP contribution in [-0.4, -0.2) is 70.2 Å². The zero-order valence-corrected chi connectivity index (χ0v) is 27.1. The fraction of sp³-hybridized carbons (Fsp3) is 0.731. The number of rotatable bonds is 9. The van der Waals surface area contributed by atoms with Gasteiger partial charge in [-0.2, -0.15) is 0 Å². The van der Waals surface area contributed by atoms with Crippen LogP contribution in [0.25, 0.3) is 11.0 Å². The zero-order chi connectivity index (χ0) is 27.3. The summed E-state index contributed by atoms with van der Waals surface area (Å²) in [6.45, 7) is 22.2. The maximum absolute atomic E-state index is 6.65. The molecule has 0 spiro atoms. The van der Waals surface area contributed by atoms with Crippen LogP contribution in [-0.2, 0) is 25.4 Å². The molecule has 0 unspecified atom stereocenters. The number of halogens is 2. The summed E-state index contributed by atoms with van der Waals surface area (Å²) < 4.78 is 33.7. The van der Waals surface area contributed by atoms with Crippen LogP contribution >= 0.6 is 23.2 Å². The average Bonchev–Trinajstić information content (AvgIpc) is 3.44. The molecule has 4 rings (SSSR count). The lowest BCUT2D eigenvalue weighted by atomic mass is 10.1. The van der Waals surface area contributed by atoms with Crippen molar-refractivity contribution in [3.8, 4) is 5.88 Å². The summed E-state index contributed by atoms with van der Waals surface area (Å²) in [4.78, 5) is 4.51. The van der Waals surface area contributed by atoms with Gasteiger partial charge >= 0.3 is 0 Å². The Labute approximate surface area is 233 Å². The highest BCUT2D eigenvalue weighted by atomic mass is 35.5. The minimum absolute atomic E-state index is 0.0863. The standard InChI is InChI=1S/C26H42Cl2N2O5Si2/c1-16-21(27)25(28)29-17-12-20(30(22(16)17)15-31-10-11-36(5,6)7)34-18-13-32-24-19(14-33-23(18)24)35-37(8,9)26(2,3)4/h12,18-19,23-24H,10-11,13-15H2,1-9H3/t18-,19-,23-,24-/m1/s1. The summed E-state index contributed by atoms with van der Waals surface area (Å²) in [6.07, 6.45) is -0.699. The first-order valence-electron chi connectivity index (χ1n) is 13.1. The SMILES string of the molecule is Cc1c(Cl)c(Cl)nc2cc(O[C@@H]3CO[C@H]4[C@@H]3OC[C@H]4O[Si](C)(C)C(C)(C)C)n(COCC[Si](C)(C)C)c12. The first kappa shape index (κ1) is 29.3. The second-order valence-corrected chi connectivity index (χ2v) is 24.1. The smallest absolute Gasteiger partial charge is 0.198 e. The molecular formula is C26H42Cl2N2O5Si2. The predicted molar refractivity (Wildman–Crippen MR) is 155 cm³/mol. The number of fused-ring (bicyclic) bond motifs is 2. The molecule has 2 saturated heterocycles. The molecule has 0 N–H and O–H groups in total. The molecule has 0 aromatic carbocycles. The average molecular weight is 590 g/mol. The van der Waals surface area contributed by atoms with Gasteiger partial charge in [0.1, 0.15) is 24.1 Å². The largest absolute Gasteiger partial charge is 0.470 e. The summed E-state index contributed by atoms with van der Waals surface area (Å²) in [5.41, 5.74) is 2.43. The van der Waals surface area contributed by atoms with Gasteiger partial charge in [0.2, 0.25) is 0 Å². The molecule has 4 atom stereocenters. The molecule has 2 aromatic heterocycles. The van der Waals surface area contributed by atoms with Crippen LogP contribution in [0.2, 0.25) is 54.0 Å². The van der Waals surface area contributed by atoms with E-state index in [9.17, 15) is 0 Å². The van der Waals surface area contributed by atoms with E-state index in [0.29, 0.717) is 37.5 Å². The van der Waals surface area contributed by atoms with E-state index in [1.54, 1.807) is 0 Å². The van der Waals surface area contributed by atoms with Crippen LogP contribution in [0.3, 0.4) is 0 Å². The number of hydrogen-bond donors (Lipinski definition) is 0. The van der Waals surface area contributed by atoms with E-state index in [4.69, 9.17) is 46.6 Å². The number of ether oxygens (including phenoxy) is 4. The van der Waals surface area contributed by atoms with Crippen LogP contribution in [0.15, 0.2) is 6.07 Å².